The van der Waals surface area contributed by atoms with Gasteiger partial charge in [-0.25, -0.2) is 4.79 Å². The zero-order valence-electron chi connectivity index (χ0n) is 11.8. The standard InChI is InChI=1S/C15H21BrNO2/c1-5-10-17(14(18)19-15(2,3)4)11-12-6-8-13(16)9-7-12/h6-9H,1,5,10-11H2,2-4H3. The summed E-state index contributed by atoms with van der Waals surface area (Å²) >= 11 is 3.40. The molecule has 0 atom stereocenters. The summed E-state index contributed by atoms with van der Waals surface area (Å²) in [6.45, 7) is 10.5. The maximum atomic E-state index is 12.1. The lowest BCUT2D eigenvalue weighted by Crippen LogP contribution is -2.36. The maximum Gasteiger partial charge on any atom is 0.410 e. The molecule has 0 fully saturated rings. The molecule has 0 heterocycles. The third-order valence-corrected chi connectivity index (χ3v) is 2.90. The topological polar surface area (TPSA) is 29.5 Å². The predicted octanol–water partition coefficient (Wildman–Crippen LogP) is 4.41. The second-order valence-electron chi connectivity index (χ2n) is 5.38. The van der Waals surface area contributed by atoms with Gasteiger partial charge in [0.05, 0.1) is 0 Å². The van der Waals surface area contributed by atoms with Crippen LogP contribution < -0.4 is 0 Å². The number of rotatable bonds is 4. The van der Waals surface area contributed by atoms with Crippen LogP contribution in [0, 0.1) is 6.92 Å². The monoisotopic (exact) mass is 326 g/mol. The third kappa shape index (κ3) is 6.10. The smallest absolute Gasteiger partial charge is 0.410 e. The third-order valence-electron chi connectivity index (χ3n) is 2.37. The number of hydrogen-bond acceptors (Lipinski definition) is 2. The highest BCUT2D eigenvalue weighted by atomic mass is 79.9. The van der Waals surface area contributed by atoms with Crippen LogP contribution in [0.3, 0.4) is 0 Å². The van der Waals surface area contributed by atoms with Gasteiger partial charge in [0.1, 0.15) is 5.60 Å². The molecule has 3 nitrogen and oxygen atoms in total. The Bertz CT molecular complexity index is 409. The quantitative estimate of drug-likeness (QED) is 0.820. The van der Waals surface area contributed by atoms with Gasteiger partial charge in [0.2, 0.25) is 0 Å². The Kier molecular flexibility index (Phi) is 5.85. The summed E-state index contributed by atoms with van der Waals surface area (Å²) in [6.07, 6.45) is 0.370. The van der Waals surface area contributed by atoms with Gasteiger partial charge in [0.15, 0.2) is 0 Å². The molecule has 1 amide bonds. The van der Waals surface area contributed by atoms with E-state index in [-0.39, 0.29) is 6.09 Å². The van der Waals surface area contributed by atoms with Crippen molar-refractivity contribution in [1.82, 2.24) is 4.90 Å². The Morgan fingerprint density at radius 2 is 1.89 bits per heavy atom. The van der Waals surface area contributed by atoms with E-state index in [9.17, 15) is 4.79 Å². The average molecular weight is 327 g/mol. The molecule has 0 saturated heterocycles. The number of carbonyl (C=O) groups excluding carboxylic acids is 1. The number of hydrogen-bond donors (Lipinski definition) is 0. The van der Waals surface area contributed by atoms with Gasteiger partial charge in [0, 0.05) is 17.6 Å². The van der Waals surface area contributed by atoms with Crippen molar-refractivity contribution in [3.8, 4) is 0 Å². The molecule has 105 valence electrons. The number of carbonyl (C=O) groups is 1. The van der Waals surface area contributed by atoms with E-state index < -0.39 is 5.60 Å². The first-order valence-corrected chi connectivity index (χ1v) is 7.13. The van der Waals surface area contributed by atoms with Gasteiger partial charge in [-0.05, 0) is 44.9 Å². The molecular formula is C15H21BrNO2. The molecule has 0 spiro atoms. The number of nitrogens with zero attached hydrogens (tertiary/aromatic N) is 1. The maximum absolute atomic E-state index is 12.1. The molecule has 0 aliphatic rings. The first-order chi connectivity index (χ1) is 8.81. The fourth-order valence-electron chi connectivity index (χ4n) is 1.56. The van der Waals surface area contributed by atoms with Crippen LogP contribution >= 0.6 is 15.9 Å². The Hall–Kier alpha value is -1.03. The van der Waals surface area contributed by atoms with Crippen LogP contribution in [-0.4, -0.2) is 23.1 Å². The van der Waals surface area contributed by atoms with Crippen molar-refractivity contribution < 1.29 is 9.53 Å². The minimum Gasteiger partial charge on any atom is -0.444 e. The van der Waals surface area contributed by atoms with Gasteiger partial charge in [-0.1, -0.05) is 35.0 Å². The van der Waals surface area contributed by atoms with E-state index in [1.165, 1.54) is 0 Å². The largest absolute Gasteiger partial charge is 0.444 e. The summed E-state index contributed by atoms with van der Waals surface area (Å²) in [5, 5.41) is 0. The highest BCUT2D eigenvalue weighted by Crippen LogP contribution is 2.15. The van der Waals surface area contributed by atoms with Crippen molar-refractivity contribution >= 4 is 22.0 Å². The van der Waals surface area contributed by atoms with Gasteiger partial charge in [0.25, 0.3) is 0 Å². The van der Waals surface area contributed by atoms with Crippen LogP contribution in [0.15, 0.2) is 28.7 Å². The van der Waals surface area contributed by atoms with Gasteiger partial charge in [-0.3, -0.25) is 0 Å². The Labute approximate surface area is 124 Å². The lowest BCUT2D eigenvalue weighted by Gasteiger charge is -2.27. The van der Waals surface area contributed by atoms with Crippen molar-refractivity contribution in [3.63, 3.8) is 0 Å². The zero-order chi connectivity index (χ0) is 14.5. The van der Waals surface area contributed by atoms with Crippen molar-refractivity contribution in [2.75, 3.05) is 6.54 Å². The molecule has 0 bridgehead atoms. The van der Waals surface area contributed by atoms with Crippen molar-refractivity contribution in [2.45, 2.75) is 39.3 Å². The minimum absolute atomic E-state index is 0.293. The van der Waals surface area contributed by atoms with Crippen LogP contribution in [0.2, 0.25) is 0 Å². The number of halogens is 1. The summed E-state index contributed by atoms with van der Waals surface area (Å²) in [5.41, 5.74) is 0.596. The highest BCUT2D eigenvalue weighted by molar-refractivity contribution is 9.10. The van der Waals surface area contributed by atoms with Crippen LogP contribution in [0.1, 0.15) is 32.8 Å². The molecule has 0 aliphatic carbocycles. The molecule has 0 aromatic heterocycles. The van der Waals surface area contributed by atoms with E-state index in [0.717, 1.165) is 10.0 Å². The molecule has 1 rings (SSSR count). The van der Waals surface area contributed by atoms with Crippen molar-refractivity contribution in [3.05, 3.63) is 41.2 Å². The Morgan fingerprint density at radius 1 is 1.32 bits per heavy atom. The number of amides is 1. The van der Waals surface area contributed by atoms with Gasteiger partial charge in [-0.2, -0.15) is 0 Å². The Morgan fingerprint density at radius 3 is 2.37 bits per heavy atom. The molecule has 4 heteroatoms. The predicted molar refractivity (Wildman–Crippen MR) is 80.8 cm³/mol. The van der Waals surface area contributed by atoms with Crippen LogP contribution in [0.25, 0.3) is 0 Å². The van der Waals surface area contributed by atoms with E-state index in [1.54, 1.807) is 4.90 Å². The number of benzene rings is 1. The molecule has 1 aromatic rings. The lowest BCUT2D eigenvalue weighted by molar-refractivity contribution is 0.0236. The van der Waals surface area contributed by atoms with Gasteiger partial charge < -0.3 is 9.64 Å². The first kappa shape index (κ1) is 16.0. The summed E-state index contributed by atoms with van der Waals surface area (Å²) < 4.78 is 6.42. The Balaban J connectivity index is 2.72. The lowest BCUT2D eigenvalue weighted by atomic mass is 10.2. The van der Waals surface area contributed by atoms with E-state index in [2.05, 4.69) is 22.9 Å². The fraction of sp³-hybridized carbons (Fsp3) is 0.467. The van der Waals surface area contributed by atoms with E-state index in [1.807, 2.05) is 45.0 Å². The van der Waals surface area contributed by atoms with Gasteiger partial charge >= 0.3 is 6.09 Å². The molecule has 1 aromatic carbocycles. The molecule has 0 unspecified atom stereocenters. The van der Waals surface area contributed by atoms with Crippen molar-refractivity contribution in [2.24, 2.45) is 0 Å². The fourth-order valence-corrected chi connectivity index (χ4v) is 1.83. The van der Waals surface area contributed by atoms with E-state index >= 15 is 0 Å². The van der Waals surface area contributed by atoms with Crippen LogP contribution in [0.4, 0.5) is 4.79 Å². The molecule has 0 saturated carbocycles. The molecule has 1 radical (unpaired) electrons. The van der Waals surface area contributed by atoms with E-state index in [4.69, 9.17) is 4.74 Å². The van der Waals surface area contributed by atoms with Crippen LogP contribution in [-0.2, 0) is 11.3 Å². The summed E-state index contributed by atoms with van der Waals surface area (Å²) in [4.78, 5) is 13.8. The first-order valence-electron chi connectivity index (χ1n) is 6.33. The second-order valence-corrected chi connectivity index (χ2v) is 6.30. The molecule has 0 N–H and O–H groups in total. The van der Waals surface area contributed by atoms with Crippen molar-refractivity contribution in [1.29, 1.82) is 0 Å². The average Bonchev–Trinajstić information content (AvgIpc) is 2.29. The molecular weight excluding hydrogens is 306 g/mol. The summed E-state index contributed by atoms with van der Waals surface area (Å²) in [5.74, 6) is 0. The molecule has 0 aliphatic heterocycles. The van der Waals surface area contributed by atoms with Gasteiger partial charge in [-0.15, -0.1) is 0 Å². The summed E-state index contributed by atoms with van der Waals surface area (Å²) in [6, 6.07) is 7.91. The van der Waals surface area contributed by atoms with E-state index in [0.29, 0.717) is 19.5 Å². The normalized spacial score (nSPS) is 11.2. The second kappa shape index (κ2) is 6.94. The zero-order valence-corrected chi connectivity index (χ0v) is 13.4. The highest BCUT2D eigenvalue weighted by Gasteiger charge is 2.21. The minimum atomic E-state index is -0.476. The molecule has 19 heavy (non-hydrogen) atoms. The summed E-state index contributed by atoms with van der Waals surface area (Å²) in [7, 11) is 0. The number of ether oxygens (including phenoxy) is 1. The van der Waals surface area contributed by atoms with Crippen LogP contribution in [0.5, 0.6) is 0 Å². The SMILES string of the molecule is [CH2]CCN(Cc1ccc(Br)cc1)C(=O)OC(C)(C)C.